The molecule has 16 heavy (non-hydrogen) atoms. The van der Waals surface area contributed by atoms with Crippen LogP contribution in [0.5, 0.6) is 0 Å². The maximum absolute atomic E-state index is 11.3. The average molecular weight is 247 g/mol. The number of primary amides is 1. The highest BCUT2D eigenvalue weighted by Crippen LogP contribution is 2.34. The van der Waals surface area contributed by atoms with E-state index in [1.807, 2.05) is 6.92 Å². The number of nitrogens with two attached hydrogens (primary N) is 1. The molecular formula is C11H21NO3S. The molecule has 0 aromatic heterocycles. The molecule has 0 bridgehead atoms. The maximum atomic E-state index is 11.3. The van der Waals surface area contributed by atoms with Crippen molar-refractivity contribution in [2.75, 3.05) is 5.75 Å². The second-order valence-electron chi connectivity index (χ2n) is 3.87. The van der Waals surface area contributed by atoms with Crippen LogP contribution >= 0.6 is 11.8 Å². The molecule has 0 aliphatic carbocycles. The molecule has 0 aromatic carbocycles. The smallest absolute Gasteiger partial charge is 0.319 e. The van der Waals surface area contributed by atoms with E-state index in [9.17, 15) is 14.7 Å². The normalized spacial score (nSPS) is 14.4. The van der Waals surface area contributed by atoms with Crippen LogP contribution in [0.25, 0.3) is 0 Å². The summed E-state index contributed by atoms with van der Waals surface area (Å²) >= 11 is 1.16. The van der Waals surface area contributed by atoms with Gasteiger partial charge >= 0.3 is 5.97 Å². The van der Waals surface area contributed by atoms with Gasteiger partial charge in [-0.05, 0) is 12.8 Å². The Hall–Kier alpha value is -0.710. The van der Waals surface area contributed by atoms with E-state index in [0.29, 0.717) is 12.8 Å². The number of carbonyl (C=O) groups is 2. The fourth-order valence-electron chi connectivity index (χ4n) is 1.54. The fourth-order valence-corrected chi connectivity index (χ4v) is 2.58. The fraction of sp³-hybridized carbons (Fsp3) is 0.818. The first-order valence-corrected chi connectivity index (χ1v) is 6.62. The van der Waals surface area contributed by atoms with E-state index < -0.39 is 16.6 Å². The average Bonchev–Trinajstić information content (AvgIpc) is 2.23. The van der Waals surface area contributed by atoms with Gasteiger partial charge in [-0.15, -0.1) is 11.8 Å². The van der Waals surface area contributed by atoms with Crippen LogP contribution in [0.2, 0.25) is 0 Å². The molecule has 1 atom stereocenters. The third-order valence-corrected chi connectivity index (χ3v) is 4.28. The lowest BCUT2D eigenvalue weighted by Crippen LogP contribution is -2.36. The van der Waals surface area contributed by atoms with Gasteiger partial charge in [0.1, 0.15) is 4.75 Å². The van der Waals surface area contributed by atoms with Gasteiger partial charge in [-0.1, -0.05) is 33.1 Å². The third-order valence-electron chi connectivity index (χ3n) is 2.64. The number of hydrogen-bond acceptors (Lipinski definition) is 3. The molecule has 0 aliphatic rings. The van der Waals surface area contributed by atoms with Crippen molar-refractivity contribution in [3.05, 3.63) is 0 Å². The minimum Gasteiger partial charge on any atom is -0.480 e. The van der Waals surface area contributed by atoms with Gasteiger partial charge in [0.15, 0.2) is 0 Å². The number of rotatable bonds is 9. The third kappa shape index (κ3) is 4.88. The first-order valence-electron chi connectivity index (χ1n) is 5.64. The van der Waals surface area contributed by atoms with Gasteiger partial charge in [0.05, 0.1) is 5.75 Å². The number of aliphatic carboxylic acids is 1. The summed E-state index contributed by atoms with van der Waals surface area (Å²) in [7, 11) is 0. The van der Waals surface area contributed by atoms with Crippen LogP contribution in [0.3, 0.4) is 0 Å². The molecule has 0 unspecified atom stereocenters. The molecule has 4 nitrogen and oxygen atoms in total. The molecule has 0 aliphatic heterocycles. The number of unbranched alkanes of at least 4 members (excludes halogenated alkanes) is 2. The van der Waals surface area contributed by atoms with Gasteiger partial charge in [-0.2, -0.15) is 0 Å². The molecule has 0 heterocycles. The number of amides is 1. The van der Waals surface area contributed by atoms with E-state index in [0.717, 1.165) is 31.0 Å². The lowest BCUT2D eigenvalue weighted by molar-refractivity contribution is -0.140. The van der Waals surface area contributed by atoms with Crippen LogP contribution in [-0.2, 0) is 9.59 Å². The minimum absolute atomic E-state index is 0.0757. The first-order chi connectivity index (χ1) is 7.48. The summed E-state index contributed by atoms with van der Waals surface area (Å²) in [5.41, 5.74) is 5.06. The van der Waals surface area contributed by atoms with E-state index >= 15 is 0 Å². The molecule has 0 radical (unpaired) electrons. The van der Waals surface area contributed by atoms with Crippen LogP contribution < -0.4 is 5.73 Å². The Bertz CT molecular complexity index is 245. The quantitative estimate of drug-likeness (QED) is 0.611. The summed E-state index contributed by atoms with van der Waals surface area (Å²) in [5, 5.41) is 9.26. The Labute approximate surface area is 101 Å². The van der Waals surface area contributed by atoms with Gasteiger partial charge in [-0.3, -0.25) is 9.59 Å². The van der Waals surface area contributed by atoms with Crippen molar-refractivity contribution in [3.63, 3.8) is 0 Å². The number of carboxylic acid groups (broad SMARTS) is 1. The summed E-state index contributed by atoms with van der Waals surface area (Å²) < 4.78 is -0.843. The zero-order valence-electron chi connectivity index (χ0n) is 9.99. The lowest BCUT2D eigenvalue weighted by atomic mass is 9.98. The van der Waals surface area contributed by atoms with Gasteiger partial charge < -0.3 is 10.8 Å². The number of carboxylic acids is 1. The second kappa shape index (κ2) is 7.54. The Balaban J connectivity index is 4.45. The standard InChI is InChI=1S/C11H21NO3S/c1-3-5-6-7-11(4-2,10(14)15)16-8-9(12)13/h3-8H2,1-2H3,(H2,12,13)(H,14,15)/t11-/m0/s1. The maximum Gasteiger partial charge on any atom is 0.319 e. The molecule has 1 amide bonds. The Morgan fingerprint density at radius 2 is 1.94 bits per heavy atom. The molecule has 0 saturated heterocycles. The summed E-state index contributed by atoms with van der Waals surface area (Å²) in [6.07, 6.45) is 4.07. The highest BCUT2D eigenvalue weighted by Gasteiger charge is 2.36. The van der Waals surface area contributed by atoms with E-state index in [1.165, 1.54) is 0 Å². The molecule has 5 heteroatoms. The summed E-state index contributed by atoms with van der Waals surface area (Å²) in [6, 6.07) is 0. The zero-order valence-corrected chi connectivity index (χ0v) is 10.8. The summed E-state index contributed by atoms with van der Waals surface area (Å²) in [4.78, 5) is 22.0. The molecule has 3 N–H and O–H groups in total. The van der Waals surface area contributed by atoms with Gasteiger partial charge in [0.25, 0.3) is 0 Å². The largest absolute Gasteiger partial charge is 0.480 e. The molecular weight excluding hydrogens is 226 g/mol. The van der Waals surface area contributed by atoms with Crippen molar-refractivity contribution >= 4 is 23.6 Å². The predicted octanol–water partition coefficient (Wildman–Crippen LogP) is 2.02. The Morgan fingerprint density at radius 1 is 1.31 bits per heavy atom. The van der Waals surface area contributed by atoms with Gasteiger partial charge in [0.2, 0.25) is 5.91 Å². The highest BCUT2D eigenvalue weighted by atomic mass is 32.2. The van der Waals surface area contributed by atoms with Crippen LogP contribution in [0.15, 0.2) is 0 Å². The number of thioether (sulfide) groups is 1. The van der Waals surface area contributed by atoms with Crippen LogP contribution in [0, 0.1) is 0 Å². The molecule has 0 rings (SSSR count). The predicted molar refractivity (Wildman–Crippen MR) is 66.5 cm³/mol. The van der Waals surface area contributed by atoms with E-state index in [-0.39, 0.29) is 5.75 Å². The Morgan fingerprint density at radius 3 is 2.31 bits per heavy atom. The molecule has 0 spiro atoms. The monoisotopic (exact) mass is 247 g/mol. The minimum atomic E-state index is -0.843. The summed E-state index contributed by atoms with van der Waals surface area (Å²) in [5.74, 6) is -1.22. The van der Waals surface area contributed by atoms with Crippen molar-refractivity contribution < 1.29 is 14.7 Å². The first kappa shape index (κ1) is 15.3. The molecule has 0 fully saturated rings. The molecule has 0 aromatic rings. The topological polar surface area (TPSA) is 80.4 Å². The van der Waals surface area contributed by atoms with E-state index in [4.69, 9.17) is 5.73 Å². The molecule has 0 saturated carbocycles. The van der Waals surface area contributed by atoms with Crippen molar-refractivity contribution in [2.45, 2.75) is 50.7 Å². The van der Waals surface area contributed by atoms with Crippen molar-refractivity contribution in [1.82, 2.24) is 0 Å². The highest BCUT2D eigenvalue weighted by molar-refractivity contribution is 8.02. The van der Waals surface area contributed by atoms with Crippen molar-refractivity contribution in [2.24, 2.45) is 5.73 Å². The zero-order chi connectivity index (χ0) is 12.6. The molecule has 94 valence electrons. The lowest BCUT2D eigenvalue weighted by Gasteiger charge is -2.27. The van der Waals surface area contributed by atoms with E-state index in [2.05, 4.69) is 6.92 Å². The number of carbonyl (C=O) groups excluding carboxylic acids is 1. The van der Waals surface area contributed by atoms with E-state index in [1.54, 1.807) is 0 Å². The van der Waals surface area contributed by atoms with Gasteiger partial charge in [0, 0.05) is 0 Å². The van der Waals surface area contributed by atoms with Crippen molar-refractivity contribution in [3.8, 4) is 0 Å². The number of hydrogen-bond donors (Lipinski definition) is 2. The second-order valence-corrected chi connectivity index (χ2v) is 5.22. The van der Waals surface area contributed by atoms with Crippen LogP contribution in [-0.4, -0.2) is 27.5 Å². The van der Waals surface area contributed by atoms with Gasteiger partial charge in [-0.25, -0.2) is 0 Å². The van der Waals surface area contributed by atoms with Crippen LogP contribution in [0.4, 0.5) is 0 Å². The van der Waals surface area contributed by atoms with Crippen LogP contribution in [0.1, 0.15) is 46.0 Å². The SMILES string of the molecule is CCCCC[C@](CC)(SCC(N)=O)C(=O)O. The Kier molecular flexibility index (Phi) is 7.21. The summed E-state index contributed by atoms with van der Waals surface area (Å²) in [6.45, 7) is 3.92. The van der Waals surface area contributed by atoms with Crippen molar-refractivity contribution in [1.29, 1.82) is 0 Å².